The molecule has 1 aromatic heterocycles. The number of rotatable bonds is 5. The Balaban J connectivity index is 1.79. The molecular formula is C20H17F3N2O. The largest absolute Gasteiger partial charge is 0.358 e. The van der Waals surface area contributed by atoms with Crippen LogP contribution in [0.3, 0.4) is 0 Å². The van der Waals surface area contributed by atoms with Gasteiger partial charge in [0.25, 0.3) is 0 Å². The van der Waals surface area contributed by atoms with Gasteiger partial charge in [-0.2, -0.15) is 0 Å². The van der Waals surface area contributed by atoms with Crippen molar-refractivity contribution in [1.29, 1.82) is 0 Å². The summed E-state index contributed by atoms with van der Waals surface area (Å²) >= 11 is 0. The number of aromatic nitrogens is 1. The highest BCUT2D eigenvalue weighted by atomic mass is 19.1. The maximum atomic E-state index is 14.3. The van der Waals surface area contributed by atoms with Crippen molar-refractivity contribution in [3.8, 4) is 11.3 Å². The zero-order chi connectivity index (χ0) is 18.3. The molecule has 0 unspecified atom stereocenters. The fourth-order valence-corrected chi connectivity index (χ4v) is 3.86. The average molecular weight is 358 g/mol. The molecule has 1 heterocycles. The minimum atomic E-state index is -0.645. The normalized spacial score (nSPS) is 19.3. The maximum Gasteiger partial charge on any atom is 0.207 e. The Hall–Kier alpha value is -2.76. The molecule has 0 spiro atoms. The Morgan fingerprint density at radius 1 is 1.08 bits per heavy atom. The molecule has 134 valence electrons. The first kappa shape index (κ1) is 16.7. The third-order valence-electron chi connectivity index (χ3n) is 5.13. The number of hydrogen-bond donors (Lipinski definition) is 2. The molecule has 0 atom stereocenters. The molecule has 1 fully saturated rings. The van der Waals surface area contributed by atoms with E-state index in [2.05, 4.69) is 10.3 Å². The lowest BCUT2D eigenvalue weighted by molar-refractivity contribution is -0.109. The van der Waals surface area contributed by atoms with E-state index in [1.807, 2.05) is 0 Å². The molecule has 1 aliphatic carbocycles. The fraction of sp³-hybridized carbons (Fsp3) is 0.250. The summed E-state index contributed by atoms with van der Waals surface area (Å²) in [6.45, 7) is 0.594. The monoisotopic (exact) mass is 358 g/mol. The van der Waals surface area contributed by atoms with Crippen LogP contribution in [0.2, 0.25) is 0 Å². The van der Waals surface area contributed by atoms with Crippen molar-refractivity contribution in [3.05, 3.63) is 59.4 Å². The molecule has 3 nitrogen and oxygen atoms in total. The minimum Gasteiger partial charge on any atom is -0.358 e. The maximum absolute atomic E-state index is 14.3. The second-order valence-corrected chi connectivity index (χ2v) is 6.79. The van der Waals surface area contributed by atoms with Gasteiger partial charge in [-0.1, -0.05) is 0 Å². The van der Waals surface area contributed by atoms with Gasteiger partial charge in [0.05, 0.1) is 11.2 Å². The van der Waals surface area contributed by atoms with Crippen LogP contribution in [-0.2, 0) is 4.79 Å². The Morgan fingerprint density at radius 3 is 2.50 bits per heavy atom. The van der Waals surface area contributed by atoms with E-state index in [-0.39, 0.29) is 17.3 Å². The van der Waals surface area contributed by atoms with Crippen molar-refractivity contribution in [2.24, 2.45) is 5.92 Å². The van der Waals surface area contributed by atoms with Gasteiger partial charge in [-0.25, -0.2) is 13.2 Å². The number of H-pyrrole nitrogens is 1. The zero-order valence-corrected chi connectivity index (χ0v) is 13.9. The first-order valence-electron chi connectivity index (χ1n) is 8.50. The third kappa shape index (κ3) is 2.85. The fourth-order valence-electron chi connectivity index (χ4n) is 3.86. The summed E-state index contributed by atoms with van der Waals surface area (Å²) in [5, 5.41) is 3.20. The van der Waals surface area contributed by atoms with Crippen LogP contribution in [-0.4, -0.2) is 17.9 Å². The second kappa shape index (κ2) is 6.52. The lowest BCUT2D eigenvalue weighted by Gasteiger charge is -2.36. The van der Waals surface area contributed by atoms with Crippen LogP contribution < -0.4 is 5.32 Å². The molecule has 1 saturated carbocycles. The van der Waals surface area contributed by atoms with E-state index in [4.69, 9.17) is 0 Å². The van der Waals surface area contributed by atoms with E-state index in [0.29, 0.717) is 30.0 Å². The summed E-state index contributed by atoms with van der Waals surface area (Å²) in [7, 11) is 0. The molecule has 6 heteroatoms. The molecule has 1 aliphatic rings. The van der Waals surface area contributed by atoms with E-state index in [1.165, 1.54) is 18.2 Å². The Kier molecular flexibility index (Phi) is 4.18. The summed E-state index contributed by atoms with van der Waals surface area (Å²) in [5.41, 5.74) is 2.53. The second-order valence-electron chi connectivity index (χ2n) is 6.79. The van der Waals surface area contributed by atoms with Crippen LogP contribution in [0.5, 0.6) is 0 Å². The number of carbonyl (C=O) groups excluding carboxylic acids is 1. The molecule has 0 radical (unpaired) electrons. The van der Waals surface area contributed by atoms with Gasteiger partial charge in [0, 0.05) is 18.0 Å². The van der Waals surface area contributed by atoms with Gasteiger partial charge in [0.1, 0.15) is 17.5 Å². The van der Waals surface area contributed by atoms with Crippen molar-refractivity contribution in [1.82, 2.24) is 10.3 Å². The summed E-state index contributed by atoms with van der Waals surface area (Å²) in [4.78, 5) is 13.5. The smallest absolute Gasteiger partial charge is 0.207 e. The van der Waals surface area contributed by atoms with Crippen molar-refractivity contribution < 1.29 is 18.0 Å². The number of benzene rings is 2. The number of nitrogens with one attached hydrogen (secondary N) is 2. The Labute approximate surface area is 148 Å². The number of carbonyl (C=O) groups is 1. The van der Waals surface area contributed by atoms with E-state index in [0.717, 1.165) is 30.0 Å². The van der Waals surface area contributed by atoms with E-state index < -0.39 is 11.6 Å². The van der Waals surface area contributed by atoms with Crippen molar-refractivity contribution in [2.75, 3.05) is 6.54 Å². The van der Waals surface area contributed by atoms with Gasteiger partial charge >= 0.3 is 0 Å². The van der Waals surface area contributed by atoms with Gasteiger partial charge in [-0.3, -0.25) is 4.79 Å². The van der Waals surface area contributed by atoms with Crippen molar-refractivity contribution >= 4 is 17.3 Å². The van der Waals surface area contributed by atoms with E-state index in [9.17, 15) is 18.0 Å². The molecule has 0 saturated heterocycles. The first-order valence-corrected chi connectivity index (χ1v) is 8.50. The first-order chi connectivity index (χ1) is 12.6. The van der Waals surface area contributed by atoms with Crippen LogP contribution in [0.1, 0.15) is 24.3 Å². The predicted molar refractivity (Wildman–Crippen MR) is 93.1 cm³/mol. The molecule has 26 heavy (non-hydrogen) atoms. The third-order valence-corrected chi connectivity index (χ3v) is 5.13. The summed E-state index contributed by atoms with van der Waals surface area (Å²) < 4.78 is 41.4. The van der Waals surface area contributed by atoms with Gasteiger partial charge in [0.15, 0.2) is 0 Å². The number of hydrogen-bond acceptors (Lipinski definition) is 1. The lowest BCUT2D eigenvalue weighted by atomic mass is 9.70. The number of aromatic amines is 1. The minimum absolute atomic E-state index is 0.128. The van der Waals surface area contributed by atoms with Crippen molar-refractivity contribution in [3.63, 3.8) is 0 Å². The number of amides is 1. The highest BCUT2D eigenvalue weighted by Crippen LogP contribution is 2.48. The molecule has 2 N–H and O–H groups in total. The molecule has 0 bridgehead atoms. The van der Waals surface area contributed by atoms with Crippen molar-refractivity contribution in [2.45, 2.75) is 18.8 Å². The highest BCUT2D eigenvalue weighted by molar-refractivity contribution is 5.92. The molecule has 3 aromatic rings. The highest BCUT2D eigenvalue weighted by Gasteiger charge is 2.34. The van der Waals surface area contributed by atoms with Crippen LogP contribution in [0.4, 0.5) is 13.2 Å². The molecular weight excluding hydrogens is 341 g/mol. The molecule has 4 rings (SSSR count). The summed E-state index contributed by atoms with van der Waals surface area (Å²) in [6.07, 6.45) is 2.31. The molecule has 0 aliphatic heterocycles. The van der Waals surface area contributed by atoms with Crippen LogP contribution >= 0.6 is 0 Å². The number of fused-ring (bicyclic) bond motifs is 1. The van der Waals surface area contributed by atoms with Crippen LogP contribution in [0, 0.1) is 23.4 Å². The topological polar surface area (TPSA) is 44.9 Å². The SMILES string of the molecule is O=CNC[C@H]1C[C@H](c2c(-c3ccc(F)cc3)[nH]c3c(F)cc(F)cc32)C1. The lowest BCUT2D eigenvalue weighted by Crippen LogP contribution is -2.31. The Morgan fingerprint density at radius 2 is 1.81 bits per heavy atom. The van der Waals surface area contributed by atoms with Gasteiger partial charge in [-0.15, -0.1) is 0 Å². The van der Waals surface area contributed by atoms with Gasteiger partial charge in [-0.05, 0) is 66.1 Å². The molecule has 1 amide bonds. The Bertz CT molecular complexity index is 959. The average Bonchev–Trinajstić information content (AvgIpc) is 2.94. The summed E-state index contributed by atoms with van der Waals surface area (Å²) in [6, 6.07) is 8.14. The van der Waals surface area contributed by atoms with E-state index in [1.54, 1.807) is 12.1 Å². The van der Waals surface area contributed by atoms with Crippen LogP contribution in [0.25, 0.3) is 22.2 Å². The quantitative estimate of drug-likeness (QED) is 0.649. The predicted octanol–water partition coefficient (Wildman–Crippen LogP) is 4.49. The standard InChI is InChI=1S/C20H17F3N2O/c21-14-3-1-12(2-4-14)19-18(13-5-11(6-13)9-24-10-26)16-7-15(22)8-17(23)20(16)25-19/h1-4,7-8,10-11,13,25H,5-6,9H2,(H,24,26)/t11-,13-. The summed E-state index contributed by atoms with van der Waals surface area (Å²) in [5.74, 6) is -1.15. The van der Waals surface area contributed by atoms with Crippen LogP contribution in [0.15, 0.2) is 36.4 Å². The zero-order valence-electron chi connectivity index (χ0n) is 13.9. The van der Waals surface area contributed by atoms with Gasteiger partial charge in [0.2, 0.25) is 6.41 Å². The number of halogens is 3. The van der Waals surface area contributed by atoms with Gasteiger partial charge < -0.3 is 10.3 Å². The molecule has 2 aromatic carbocycles. The van der Waals surface area contributed by atoms with E-state index >= 15 is 0 Å².